The zero-order valence-corrected chi connectivity index (χ0v) is 19.3. The quantitative estimate of drug-likeness (QED) is 0.382. The van der Waals surface area contributed by atoms with Crippen LogP contribution in [0.3, 0.4) is 0 Å². The fraction of sp³-hybridized carbons (Fsp3) is 0.185. The van der Waals surface area contributed by atoms with Gasteiger partial charge < -0.3 is 19.3 Å². The van der Waals surface area contributed by atoms with Gasteiger partial charge in [-0.15, -0.1) is 0 Å². The van der Waals surface area contributed by atoms with Crippen LogP contribution in [0.2, 0.25) is 0 Å². The van der Waals surface area contributed by atoms with E-state index < -0.39 is 17.3 Å². The normalized spacial score (nSPS) is 15.3. The highest BCUT2D eigenvalue weighted by molar-refractivity contribution is 5.88. The van der Waals surface area contributed by atoms with Gasteiger partial charge in [0.2, 0.25) is 5.91 Å². The van der Waals surface area contributed by atoms with Gasteiger partial charge in [-0.25, -0.2) is 9.18 Å². The molecular formula is C27H22FN3O5. The van der Waals surface area contributed by atoms with Crippen molar-refractivity contribution in [1.29, 1.82) is 0 Å². The lowest BCUT2D eigenvalue weighted by molar-refractivity contribution is -0.128. The number of halogens is 1. The highest BCUT2D eigenvalue weighted by Crippen LogP contribution is 2.34. The summed E-state index contributed by atoms with van der Waals surface area (Å²) in [5.41, 5.74) is 1.61. The smallest absolute Gasteiger partial charge is 0.338 e. The molecule has 0 radical (unpaired) electrons. The molecular weight excluding hydrogens is 465 g/mol. The Morgan fingerprint density at radius 3 is 2.58 bits per heavy atom. The lowest BCUT2D eigenvalue weighted by Gasteiger charge is -2.20. The van der Waals surface area contributed by atoms with Crippen molar-refractivity contribution >= 4 is 11.9 Å². The number of benzene rings is 3. The average Bonchev–Trinajstić information content (AvgIpc) is 3.47. The standard InChI is InChI=1S/C27H22FN3O5/c1-16-29-26(36-30-16)18-7-9-21(10-8-18)35-24-13-22(27(33)34)23(28)11-20(24)15-31-14-19(12-25(31)32)17-5-3-2-4-6-17/h2-11,13,19H,12,14-15H2,1H3,(H,33,34). The van der Waals surface area contributed by atoms with E-state index in [4.69, 9.17) is 9.26 Å². The second-order valence-corrected chi connectivity index (χ2v) is 8.60. The molecule has 1 fully saturated rings. The number of carboxylic acid groups (broad SMARTS) is 1. The third-order valence-electron chi connectivity index (χ3n) is 6.08. The van der Waals surface area contributed by atoms with Gasteiger partial charge in [0.25, 0.3) is 5.89 Å². The Hall–Kier alpha value is -4.53. The van der Waals surface area contributed by atoms with Gasteiger partial charge >= 0.3 is 5.97 Å². The Kier molecular flexibility index (Phi) is 6.20. The maximum Gasteiger partial charge on any atom is 0.338 e. The number of aryl methyl sites for hydroxylation is 1. The summed E-state index contributed by atoms with van der Waals surface area (Å²) < 4.78 is 25.7. The molecule has 1 unspecified atom stereocenters. The van der Waals surface area contributed by atoms with Crippen LogP contribution in [0, 0.1) is 12.7 Å². The van der Waals surface area contributed by atoms with E-state index in [1.165, 1.54) is 0 Å². The summed E-state index contributed by atoms with van der Waals surface area (Å²) in [5, 5.41) is 13.2. The van der Waals surface area contributed by atoms with E-state index in [2.05, 4.69) is 10.1 Å². The Morgan fingerprint density at radius 1 is 1.17 bits per heavy atom. The summed E-state index contributed by atoms with van der Waals surface area (Å²) in [4.78, 5) is 30.1. The Bertz CT molecular complexity index is 1420. The topological polar surface area (TPSA) is 106 Å². The van der Waals surface area contributed by atoms with Crippen molar-refractivity contribution in [2.24, 2.45) is 0 Å². The summed E-state index contributed by atoms with van der Waals surface area (Å²) in [6.07, 6.45) is 0.354. The second kappa shape index (κ2) is 9.61. The van der Waals surface area contributed by atoms with Crippen LogP contribution >= 0.6 is 0 Å². The van der Waals surface area contributed by atoms with Crippen LogP contribution in [0.5, 0.6) is 11.5 Å². The first-order valence-electron chi connectivity index (χ1n) is 11.3. The highest BCUT2D eigenvalue weighted by atomic mass is 19.1. The van der Waals surface area contributed by atoms with E-state index in [1.54, 1.807) is 36.1 Å². The minimum Gasteiger partial charge on any atom is -0.478 e. The Balaban J connectivity index is 1.40. The van der Waals surface area contributed by atoms with Gasteiger partial charge in [0.15, 0.2) is 5.82 Å². The number of amides is 1. The molecule has 0 aliphatic carbocycles. The number of rotatable bonds is 7. The van der Waals surface area contributed by atoms with Crippen LogP contribution in [0.15, 0.2) is 71.3 Å². The van der Waals surface area contributed by atoms with Gasteiger partial charge in [0.05, 0.1) is 5.56 Å². The number of likely N-dealkylation sites (tertiary alicyclic amines) is 1. The number of carboxylic acids is 1. The first-order valence-corrected chi connectivity index (χ1v) is 11.3. The fourth-order valence-corrected chi connectivity index (χ4v) is 4.26. The molecule has 8 nitrogen and oxygen atoms in total. The van der Waals surface area contributed by atoms with Crippen LogP contribution in [0.1, 0.15) is 39.6 Å². The number of aromatic nitrogens is 2. The van der Waals surface area contributed by atoms with Gasteiger partial charge in [0, 0.05) is 36.6 Å². The molecule has 0 bridgehead atoms. The highest BCUT2D eigenvalue weighted by Gasteiger charge is 2.31. The molecule has 1 aliphatic rings. The third-order valence-corrected chi connectivity index (χ3v) is 6.08. The molecule has 1 aliphatic heterocycles. The SMILES string of the molecule is Cc1noc(-c2ccc(Oc3cc(C(=O)O)c(F)cc3CN3CC(c4ccccc4)CC3=O)cc2)n1. The number of carbonyl (C=O) groups excluding carboxylic acids is 1. The lowest BCUT2D eigenvalue weighted by Crippen LogP contribution is -2.25. The third kappa shape index (κ3) is 4.81. The molecule has 1 amide bonds. The molecule has 5 rings (SSSR count). The van der Waals surface area contributed by atoms with E-state index >= 15 is 0 Å². The van der Waals surface area contributed by atoms with Gasteiger partial charge in [-0.05, 0) is 48.9 Å². The number of hydrogen-bond acceptors (Lipinski definition) is 6. The van der Waals surface area contributed by atoms with Crippen LogP contribution in [0.4, 0.5) is 4.39 Å². The summed E-state index contributed by atoms with van der Waals surface area (Å²) in [5.74, 6) is -0.904. The number of aromatic carboxylic acids is 1. The van der Waals surface area contributed by atoms with Crippen molar-refractivity contribution < 1.29 is 28.3 Å². The molecule has 1 atom stereocenters. The molecule has 0 spiro atoms. The zero-order valence-electron chi connectivity index (χ0n) is 19.3. The average molecular weight is 487 g/mol. The summed E-state index contributed by atoms with van der Waals surface area (Å²) in [6.45, 7) is 2.28. The predicted molar refractivity (Wildman–Crippen MR) is 127 cm³/mol. The van der Waals surface area contributed by atoms with Crippen molar-refractivity contribution in [3.63, 3.8) is 0 Å². The number of ether oxygens (including phenoxy) is 1. The van der Waals surface area contributed by atoms with Gasteiger partial charge in [-0.1, -0.05) is 35.5 Å². The molecule has 1 aromatic heterocycles. The molecule has 36 heavy (non-hydrogen) atoms. The molecule has 4 aromatic rings. The summed E-state index contributed by atoms with van der Waals surface area (Å²) in [6, 6.07) is 18.8. The number of carbonyl (C=O) groups is 2. The van der Waals surface area contributed by atoms with E-state index in [0.717, 1.165) is 17.7 Å². The Labute approximate surface area is 205 Å². The summed E-state index contributed by atoms with van der Waals surface area (Å²) >= 11 is 0. The van der Waals surface area contributed by atoms with E-state index in [0.29, 0.717) is 41.6 Å². The number of hydrogen-bond donors (Lipinski definition) is 1. The fourth-order valence-electron chi connectivity index (χ4n) is 4.26. The van der Waals surface area contributed by atoms with Gasteiger partial charge in [-0.3, -0.25) is 4.79 Å². The molecule has 3 aromatic carbocycles. The van der Waals surface area contributed by atoms with Crippen molar-refractivity contribution in [2.45, 2.75) is 25.8 Å². The van der Waals surface area contributed by atoms with E-state index in [9.17, 15) is 19.1 Å². The lowest BCUT2D eigenvalue weighted by atomic mass is 9.98. The molecule has 9 heteroatoms. The van der Waals surface area contributed by atoms with Crippen molar-refractivity contribution in [1.82, 2.24) is 15.0 Å². The molecule has 2 heterocycles. The van der Waals surface area contributed by atoms with Crippen molar-refractivity contribution in [3.05, 3.63) is 95.1 Å². The minimum absolute atomic E-state index is 0.0343. The van der Waals surface area contributed by atoms with E-state index in [1.807, 2.05) is 30.3 Å². The van der Waals surface area contributed by atoms with Crippen molar-refractivity contribution in [2.75, 3.05) is 6.54 Å². The van der Waals surface area contributed by atoms with Gasteiger partial charge in [0.1, 0.15) is 17.3 Å². The number of nitrogens with zero attached hydrogens (tertiary/aromatic N) is 3. The zero-order chi connectivity index (χ0) is 25.2. The molecule has 0 saturated carbocycles. The predicted octanol–water partition coefficient (Wildman–Crippen LogP) is 5.19. The van der Waals surface area contributed by atoms with Crippen LogP contribution < -0.4 is 4.74 Å². The van der Waals surface area contributed by atoms with Gasteiger partial charge in [-0.2, -0.15) is 4.98 Å². The van der Waals surface area contributed by atoms with E-state index in [-0.39, 0.29) is 24.1 Å². The monoisotopic (exact) mass is 487 g/mol. The molecule has 1 N–H and O–H groups in total. The maximum atomic E-state index is 14.6. The maximum absolute atomic E-state index is 14.6. The molecule has 182 valence electrons. The van der Waals surface area contributed by atoms with Crippen LogP contribution in [-0.4, -0.2) is 38.6 Å². The Morgan fingerprint density at radius 2 is 1.92 bits per heavy atom. The van der Waals surface area contributed by atoms with Crippen LogP contribution in [-0.2, 0) is 11.3 Å². The molecule has 1 saturated heterocycles. The van der Waals surface area contributed by atoms with Crippen LogP contribution in [0.25, 0.3) is 11.5 Å². The summed E-state index contributed by atoms with van der Waals surface area (Å²) in [7, 11) is 0. The minimum atomic E-state index is -1.41. The van der Waals surface area contributed by atoms with Crippen molar-refractivity contribution in [3.8, 4) is 23.0 Å². The largest absolute Gasteiger partial charge is 0.478 e. The second-order valence-electron chi connectivity index (χ2n) is 8.60. The first kappa shape index (κ1) is 23.2. The first-order chi connectivity index (χ1) is 17.4.